The Balaban J connectivity index is 1.27. The van der Waals surface area contributed by atoms with Crippen molar-refractivity contribution in [3.63, 3.8) is 0 Å². The van der Waals surface area contributed by atoms with E-state index in [1.54, 1.807) is 0 Å². The lowest BCUT2D eigenvalue weighted by Gasteiger charge is -2.57. The summed E-state index contributed by atoms with van der Waals surface area (Å²) in [5.74, 6) is 0.984. The number of amides is 1. The average molecular weight is 508 g/mol. The lowest BCUT2D eigenvalue weighted by Crippen LogP contribution is -2.46. The van der Waals surface area contributed by atoms with Gasteiger partial charge in [-0.15, -0.1) is 0 Å². The van der Waals surface area contributed by atoms with Crippen LogP contribution in [0, 0.1) is 29.0 Å². The average Bonchev–Trinajstić information content (AvgIpc) is 3.29. The number of imidazole rings is 1. The van der Waals surface area contributed by atoms with E-state index in [4.69, 9.17) is 4.98 Å². The van der Waals surface area contributed by atoms with Gasteiger partial charge in [-0.3, -0.25) is 4.79 Å². The van der Waals surface area contributed by atoms with E-state index >= 15 is 0 Å². The zero-order valence-electron chi connectivity index (χ0n) is 21.7. The number of nitrogens with one attached hydrogen (secondary N) is 2. The Morgan fingerprint density at radius 2 is 1.73 bits per heavy atom. The molecule has 37 heavy (non-hydrogen) atoms. The molecule has 6 nitrogen and oxygen atoms in total. The molecule has 0 spiro atoms. The van der Waals surface area contributed by atoms with Gasteiger partial charge in [0, 0.05) is 16.8 Å². The van der Waals surface area contributed by atoms with Crippen LogP contribution in [0.15, 0.2) is 18.2 Å². The normalized spacial score (nSPS) is 29.8. The summed E-state index contributed by atoms with van der Waals surface area (Å²) < 4.78 is 13.9. The van der Waals surface area contributed by atoms with Crippen molar-refractivity contribution < 1.29 is 19.1 Å². The number of H-pyrrole nitrogens is 1. The first kappa shape index (κ1) is 24.6. The van der Waals surface area contributed by atoms with Gasteiger partial charge in [0.05, 0.1) is 5.56 Å². The van der Waals surface area contributed by atoms with Crippen LogP contribution >= 0.6 is 0 Å². The largest absolute Gasteiger partial charge is 0.478 e. The van der Waals surface area contributed by atoms with Crippen LogP contribution in [-0.4, -0.2) is 27.0 Å². The Kier molecular flexibility index (Phi) is 6.15. The summed E-state index contributed by atoms with van der Waals surface area (Å²) in [7, 11) is 0. The molecule has 5 fully saturated rings. The Hall–Kier alpha value is -2.70. The quantitative estimate of drug-likeness (QED) is 0.381. The highest BCUT2D eigenvalue weighted by molar-refractivity contribution is 6.04. The van der Waals surface area contributed by atoms with Crippen LogP contribution in [0.25, 0.3) is 0 Å². The number of halogens is 1. The number of carboxylic acid groups (broad SMARTS) is 1. The zero-order valence-corrected chi connectivity index (χ0v) is 21.7. The minimum Gasteiger partial charge on any atom is -0.478 e. The minimum atomic E-state index is -1.36. The molecule has 1 heterocycles. The van der Waals surface area contributed by atoms with Crippen molar-refractivity contribution in [2.24, 2.45) is 23.2 Å². The van der Waals surface area contributed by atoms with Crippen LogP contribution in [0.5, 0.6) is 0 Å². The smallest absolute Gasteiger partial charge is 0.338 e. The van der Waals surface area contributed by atoms with Gasteiger partial charge in [0.15, 0.2) is 0 Å². The molecular formula is C30H38FN3O3. The van der Waals surface area contributed by atoms with E-state index in [9.17, 15) is 19.1 Å². The lowest BCUT2D eigenvalue weighted by atomic mass is 9.48. The number of carbonyl (C=O) groups is 2. The first-order valence-corrected chi connectivity index (χ1v) is 14.2. The summed E-state index contributed by atoms with van der Waals surface area (Å²) in [4.78, 5) is 33.4. The van der Waals surface area contributed by atoms with Crippen molar-refractivity contribution in [3.05, 3.63) is 46.8 Å². The molecule has 2 aromatic rings. The number of anilines is 1. The number of rotatable bonds is 7. The van der Waals surface area contributed by atoms with Crippen molar-refractivity contribution in [1.29, 1.82) is 0 Å². The van der Waals surface area contributed by atoms with Gasteiger partial charge in [-0.25, -0.2) is 14.2 Å². The highest BCUT2D eigenvalue weighted by Crippen LogP contribution is 2.61. The van der Waals surface area contributed by atoms with Gasteiger partial charge < -0.3 is 15.4 Å². The number of aryl methyl sites for hydroxylation is 1. The molecule has 1 amide bonds. The Labute approximate surface area is 217 Å². The highest BCUT2D eigenvalue weighted by atomic mass is 19.1. The molecule has 0 aliphatic heterocycles. The van der Waals surface area contributed by atoms with Gasteiger partial charge >= 0.3 is 5.97 Å². The minimum absolute atomic E-state index is 0.0709. The van der Waals surface area contributed by atoms with Gasteiger partial charge in [-0.1, -0.05) is 26.2 Å². The summed E-state index contributed by atoms with van der Waals surface area (Å²) in [6, 6.07) is 3.64. The fraction of sp³-hybridized carbons (Fsp3) is 0.633. The molecular weight excluding hydrogens is 469 g/mol. The van der Waals surface area contributed by atoms with E-state index in [-0.39, 0.29) is 17.0 Å². The number of carboxylic acids is 1. The summed E-state index contributed by atoms with van der Waals surface area (Å²) >= 11 is 0. The predicted octanol–water partition coefficient (Wildman–Crippen LogP) is 6.87. The maximum atomic E-state index is 13.9. The molecule has 0 unspecified atom stereocenters. The summed E-state index contributed by atoms with van der Waals surface area (Å²) in [5, 5.41) is 12.1. The van der Waals surface area contributed by atoms with Gasteiger partial charge in [0.25, 0.3) is 5.91 Å². The van der Waals surface area contributed by atoms with Crippen LogP contribution < -0.4 is 5.32 Å². The van der Waals surface area contributed by atoms with Gasteiger partial charge in [0.1, 0.15) is 17.3 Å². The van der Waals surface area contributed by atoms with Crippen LogP contribution in [0.4, 0.5) is 10.1 Å². The SMILES string of the molecule is CC1(c2nc(C(=O)Nc3ccc(F)c(C(=O)O)c3)c(CCC34CC5CC(CC(C5)C3)C4)[nH]2)CCCCC1. The van der Waals surface area contributed by atoms with Gasteiger partial charge in [-0.2, -0.15) is 0 Å². The predicted molar refractivity (Wildman–Crippen MR) is 139 cm³/mol. The number of carbonyl (C=O) groups excluding carboxylic acids is 1. The molecule has 5 saturated carbocycles. The lowest BCUT2D eigenvalue weighted by molar-refractivity contribution is -0.0570. The molecule has 1 aromatic carbocycles. The number of aromatic nitrogens is 2. The third-order valence-corrected chi connectivity index (χ3v) is 10.0. The van der Waals surface area contributed by atoms with Crippen molar-refractivity contribution in [1.82, 2.24) is 9.97 Å². The number of nitrogens with zero attached hydrogens (tertiary/aromatic N) is 1. The van der Waals surface area contributed by atoms with Crippen LogP contribution in [-0.2, 0) is 11.8 Å². The molecule has 198 valence electrons. The molecule has 0 radical (unpaired) electrons. The maximum Gasteiger partial charge on any atom is 0.338 e. The third kappa shape index (κ3) is 4.70. The molecule has 0 saturated heterocycles. The second-order valence-corrected chi connectivity index (χ2v) is 12.9. The van der Waals surface area contributed by atoms with E-state index in [1.165, 1.54) is 57.1 Å². The molecule has 0 atom stereocenters. The number of hydrogen-bond donors (Lipinski definition) is 3. The van der Waals surface area contributed by atoms with E-state index in [0.29, 0.717) is 11.1 Å². The van der Waals surface area contributed by atoms with Crippen LogP contribution in [0.1, 0.15) is 116 Å². The number of aromatic amines is 1. The molecule has 7 heteroatoms. The third-order valence-electron chi connectivity index (χ3n) is 10.0. The fourth-order valence-corrected chi connectivity index (χ4v) is 8.58. The second kappa shape index (κ2) is 9.25. The van der Waals surface area contributed by atoms with Gasteiger partial charge in [-0.05, 0) is 106 Å². The first-order valence-electron chi connectivity index (χ1n) is 14.2. The van der Waals surface area contributed by atoms with E-state index in [2.05, 4.69) is 17.2 Å². The van der Waals surface area contributed by atoms with E-state index in [1.807, 2.05) is 0 Å². The maximum absolute atomic E-state index is 13.9. The molecule has 3 N–H and O–H groups in total. The molecule has 5 aliphatic rings. The summed E-state index contributed by atoms with van der Waals surface area (Å²) in [6.07, 6.45) is 15.7. The summed E-state index contributed by atoms with van der Waals surface area (Å²) in [5.41, 5.74) is 1.40. The number of aromatic carboxylic acids is 1. The van der Waals surface area contributed by atoms with Gasteiger partial charge in [0.2, 0.25) is 0 Å². The van der Waals surface area contributed by atoms with Crippen molar-refractivity contribution in [3.8, 4) is 0 Å². The topological polar surface area (TPSA) is 95.1 Å². The fourth-order valence-electron chi connectivity index (χ4n) is 8.58. The molecule has 4 bridgehead atoms. The standard InChI is InChI=1S/C30H38FN3O3/c1-29(8-3-2-4-9-29)28-33-24(7-10-30-15-18-11-19(16-30)13-20(12-18)17-30)25(34-28)26(35)32-21-5-6-23(31)22(14-21)27(36)37/h5-6,14,18-20H,2-4,7-13,15-17H2,1H3,(H,32,35)(H,33,34)(H,36,37). The Bertz CT molecular complexity index is 1180. The van der Waals surface area contributed by atoms with Crippen molar-refractivity contribution in [2.45, 2.75) is 95.8 Å². The van der Waals surface area contributed by atoms with E-state index < -0.39 is 17.3 Å². The second-order valence-electron chi connectivity index (χ2n) is 12.9. The molecule has 5 aliphatic carbocycles. The Morgan fingerprint density at radius 3 is 2.35 bits per heavy atom. The molecule has 7 rings (SSSR count). The molecule has 1 aromatic heterocycles. The Morgan fingerprint density at radius 1 is 1.08 bits per heavy atom. The summed E-state index contributed by atoms with van der Waals surface area (Å²) in [6.45, 7) is 2.24. The number of hydrogen-bond acceptors (Lipinski definition) is 3. The van der Waals surface area contributed by atoms with E-state index in [0.717, 1.165) is 73.9 Å². The van der Waals surface area contributed by atoms with Crippen LogP contribution in [0.2, 0.25) is 0 Å². The zero-order chi connectivity index (χ0) is 25.8. The number of benzene rings is 1. The first-order chi connectivity index (χ1) is 17.7. The van der Waals surface area contributed by atoms with Crippen molar-refractivity contribution >= 4 is 17.6 Å². The monoisotopic (exact) mass is 507 g/mol. The van der Waals surface area contributed by atoms with Crippen molar-refractivity contribution in [2.75, 3.05) is 5.32 Å². The highest BCUT2D eigenvalue weighted by Gasteiger charge is 2.50. The van der Waals surface area contributed by atoms with Crippen LogP contribution in [0.3, 0.4) is 0 Å².